The summed E-state index contributed by atoms with van der Waals surface area (Å²) in [6.07, 6.45) is 3.10. The van der Waals surface area contributed by atoms with E-state index in [-0.39, 0.29) is 0 Å². The Balaban J connectivity index is 1.89. The molecule has 1 saturated heterocycles. The molecule has 2 heterocycles. The van der Waals surface area contributed by atoms with Gasteiger partial charge >= 0.3 is 0 Å². The number of rotatable bonds is 7. The van der Waals surface area contributed by atoms with Crippen molar-refractivity contribution >= 4 is 0 Å². The zero-order valence-electron chi connectivity index (χ0n) is 12.5. The van der Waals surface area contributed by atoms with Gasteiger partial charge in [-0.2, -0.15) is 0 Å². The van der Waals surface area contributed by atoms with Crippen LogP contribution in [0, 0.1) is 0 Å². The van der Waals surface area contributed by atoms with Gasteiger partial charge in [-0.3, -0.25) is 9.80 Å². The molecule has 1 atom stereocenters. The smallest absolute Gasteiger partial charge is 0.122 e. The molecule has 0 amide bonds. The van der Waals surface area contributed by atoms with Gasteiger partial charge in [0.05, 0.1) is 12.8 Å². The molecule has 1 aromatic heterocycles. The Bertz CT molecular complexity index is 373. The zero-order chi connectivity index (χ0) is 13.7. The lowest BCUT2D eigenvalue weighted by atomic mass is 10.2. The second-order valence-corrected chi connectivity index (χ2v) is 5.30. The molecular formula is C15H27N3O. The van der Waals surface area contributed by atoms with Crippen LogP contribution in [-0.4, -0.2) is 49.1 Å². The lowest BCUT2D eigenvalue weighted by molar-refractivity contribution is 0.208. The first kappa shape index (κ1) is 14.6. The van der Waals surface area contributed by atoms with Crippen molar-refractivity contribution in [1.82, 2.24) is 15.1 Å². The summed E-state index contributed by atoms with van der Waals surface area (Å²) >= 11 is 0. The van der Waals surface area contributed by atoms with E-state index in [1.54, 1.807) is 6.26 Å². The standard InChI is InChI=1S/C15H27N3O/c1-4-18(5-2)14-6-8-17(12-14)11-13-7-9-19-15(13)10-16-3/h7,9,14,16H,4-6,8,10-12H2,1-3H3. The SMILES string of the molecule is CCN(CC)C1CCN(Cc2ccoc2CNC)C1. The Morgan fingerprint density at radius 3 is 2.89 bits per heavy atom. The molecule has 108 valence electrons. The summed E-state index contributed by atoms with van der Waals surface area (Å²) in [7, 11) is 1.96. The number of likely N-dealkylation sites (tertiary alicyclic amines) is 1. The topological polar surface area (TPSA) is 31.6 Å². The summed E-state index contributed by atoms with van der Waals surface area (Å²) < 4.78 is 5.53. The second-order valence-electron chi connectivity index (χ2n) is 5.30. The van der Waals surface area contributed by atoms with E-state index in [4.69, 9.17) is 4.42 Å². The molecule has 0 saturated carbocycles. The van der Waals surface area contributed by atoms with Gasteiger partial charge in [-0.05, 0) is 32.6 Å². The highest BCUT2D eigenvalue weighted by atomic mass is 16.3. The van der Waals surface area contributed by atoms with Gasteiger partial charge in [-0.25, -0.2) is 0 Å². The van der Waals surface area contributed by atoms with E-state index in [1.165, 1.54) is 25.1 Å². The molecule has 1 unspecified atom stereocenters. The third-order valence-corrected chi connectivity index (χ3v) is 4.15. The van der Waals surface area contributed by atoms with E-state index in [0.29, 0.717) is 0 Å². The third kappa shape index (κ3) is 3.59. The van der Waals surface area contributed by atoms with Gasteiger partial charge in [-0.1, -0.05) is 13.8 Å². The number of nitrogens with zero attached hydrogens (tertiary/aromatic N) is 2. The van der Waals surface area contributed by atoms with Crippen LogP contribution in [0.5, 0.6) is 0 Å². The largest absolute Gasteiger partial charge is 0.468 e. The second kappa shape index (κ2) is 7.08. The van der Waals surface area contributed by atoms with Crippen LogP contribution in [0.1, 0.15) is 31.6 Å². The summed E-state index contributed by atoms with van der Waals surface area (Å²) in [6.45, 7) is 11.1. The van der Waals surface area contributed by atoms with E-state index in [0.717, 1.165) is 38.0 Å². The molecule has 0 bridgehead atoms. The monoisotopic (exact) mass is 265 g/mol. The molecule has 1 aliphatic rings. The van der Waals surface area contributed by atoms with Crippen LogP contribution in [0.15, 0.2) is 16.7 Å². The highest BCUT2D eigenvalue weighted by Crippen LogP contribution is 2.20. The summed E-state index contributed by atoms with van der Waals surface area (Å²) in [5, 5.41) is 3.16. The first-order valence-electron chi connectivity index (χ1n) is 7.44. The molecule has 0 spiro atoms. The Kier molecular flexibility index (Phi) is 5.43. The van der Waals surface area contributed by atoms with Crippen molar-refractivity contribution in [2.24, 2.45) is 0 Å². The summed E-state index contributed by atoms with van der Waals surface area (Å²) in [5.74, 6) is 1.08. The fourth-order valence-corrected chi connectivity index (χ4v) is 3.06. The van der Waals surface area contributed by atoms with Crippen LogP contribution in [0.4, 0.5) is 0 Å². The van der Waals surface area contributed by atoms with Crippen molar-refractivity contribution in [3.63, 3.8) is 0 Å². The molecule has 1 aromatic rings. The highest BCUT2D eigenvalue weighted by molar-refractivity contribution is 5.17. The summed E-state index contributed by atoms with van der Waals surface area (Å²) in [6, 6.07) is 2.84. The third-order valence-electron chi connectivity index (χ3n) is 4.15. The Morgan fingerprint density at radius 2 is 2.21 bits per heavy atom. The zero-order valence-corrected chi connectivity index (χ0v) is 12.5. The number of furan rings is 1. The number of hydrogen-bond donors (Lipinski definition) is 1. The predicted octanol–water partition coefficient (Wildman–Crippen LogP) is 1.92. The minimum absolute atomic E-state index is 0.731. The number of hydrogen-bond acceptors (Lipinski definition) is 4. The number of nitrogens with one attached hydrogen (secondary N) is 1. The predicted molar refractivity (Wildman–Crippen MR) is 78.1 cm³/mol. The molecular weight excluding hydrogens is 238 g/mol. The van der Waals surface area contributed by atoms with Gasteiger partial charge < -0.3 is 9.73 Å². The van der Waals surface area contributed by atoms with E-state index < -0.39 is 0 Å². The molecule has 2 rings (SSSR count). The maximum absolute atomic E-state index is 5.53. The molecule has 0 aromatic carbocycles. The average molecular weight is 265 g/mol. The number of likely N-dealkylation sites (N-methyl/N-ethyl adjacent to an activating group) is 1. The Labute approximate surface area is 116 Å². The van der Waals surface area contributed by atoms with Crippen LogP contribution in [0.25, 0.3) is 0 Å². The van der Waals surface area contributed by atoms with E-state index >= 15 is 0 Å². The maximum Gasteiger partial charge on any atom is 0.122 e. The van der Waals surface area contributed by atoms with E-state index in [9.17, 15) is 0 Å². The van der Waals surface area contributed by atoms with Crippen molar-refractivity contribution in [2.75, 3.05) is 33.2 Å². The first-order valence-corrected chi connectivity index (χ1v) is 7.44. The van der Waals surface area contributed by atoms with Gasteiger partial charge in [0, 0.05) is 31.2 Å². The normalized spacial score (nSPS) is 20.5. The first-order chi connectivity index (χ1) is 9.28. The van der Waals surface area contributed by atoms with Gasteiger partial charge in [-0.15, -0.1) is 0 Å². The van der Waals surface area contributed by atoms with E-state index in [2.05, 4.69) is 35.0 Å². The molecule has 19 heavy (non-hydrogen) atoms. The van der Waals surface area contributed by atoms with Crippen molar-refractivity contribution in [3.05, 3.63) is 23.7 Å². The van der Waals surface area contributed by atoms with Crippen molar-refractivity contribution in [2.45, 2.75) is 39.4 Å². The fourth-order valence-electron chi connectivity index (χ4n) is 3.06. The minimum atomic E-state index is 0.731. The quantitative estimate of drug-likeness (QED) is 0.816. The molecule has 4 heteroatoms. The Morgan fingerprint density at radius 1 is 1.42 bits per heavy atom. The maximum atomic E-state index is 5.53. The lowest BCUT2D eigenvalue weighted by Crippen LogP contribution is -2.37. The van der Waals surface area contributed by atoms with Crippen LogP contribution >= 0.6 is 0 Å². The lowest BCUT2D eigenvalue weighted by Gasteiger charge is -2.26. The van der Waals surface area contributed by atoms with Crippen LogP contribution < -0.4 is 5.32 Å². The van der Waals surface area contributed by atoms with Crippen molar-refractivity contribution < 1.29 is 4.42 Å². The van der Waals surface area contributed by atoms with Crippen molar-refractivity contribution in [3.8, 4) is 0 Å². The van der Waals surface area contributed by atoms with Crippen molar-refractivity contribution in [1.29, 1.82) is 0 Å². The van der Waals surface area contributed by atoms with Gasteiger partial charge in [0.15, 0.2) is 0 Å². The summed E-state index contributed by atoms with van der Waals surface area (Å²) in [4.78, 5) is 5.12. The molecule has 1 fully saturated rings. The minimum Gasteiger partial charge on any atom is -0.468 e. The fraction of sp³-hybridized carbons (Fsp3) is 0.733. The summed E-state index contributed by atoms with van der Waals surface area (Å²) in [5.41, 5.74) is 1.33. The molecule has 0 radical (unpaired) electrons. The van der Waals surface area contributed by atoms with Crippen LogP contribution in [0.3, 0.4) is 0 Å². The molecule has 1 N–H and O–H groups in total. The average Bonchev–Trinajstić information content (AvgIpc) is 3.03. The van der Waals surface area contributed by atoms with Gasteiger partial charge in [0.25, 0.3) is 0 Å². The molecule has 4 nitrogen and oxygen atoms in total. The molecule has 1 aliphatic heterocycles. The molecule has 0 aliphatic carbocycles. The Hall–Kier alpha value is -0.840. The van der Waals surface area contributed by atoms with Gasteiger partial charge in [0.2, 0.25) is 0 Å². The van der Waals surface area contributed by atoms with Crippen LogP contribution in [0.2, 0.25) is 0 Å². The van der Waals surface area contributed by atoms with Crippen LogP contribution in [-0.2, 0) is 13.1 Å². The highest BCUT2D eigenvalue weighted by Gasteiger charge is 2.26. The van der Waals surface area contributed by atoms with Gasteiger partial charge in [0.1, 0.15) is 5.76 Å². The van der Waals surface area contributed by atoms with E-state index in [1.807, 2.05) is 7.05 Å².